The van der Waals surface area contributed by atoms with Crippen LogP contribution in [0, 0.1) is 5.92 Å². The highest BCUT2D eigenvalue weighted by atomic mass is 16.4. The molecule has 0 saturated carbocycles. The number of amides is 3. The van der Waals surface area contributed by atoms with Crippen molar-refractivity contribution in [2.45, 2.75) is 57.7 Å². The van der Waals surface area contributed by atoms with Gasteiger partial charge in [-0.2, -0.15) is 0 Å². The summed E-state index contributed by atoms with van der Waals surface area (Å²) in [6.07, 6.45) is 0.378. The van der Waals surface area contributed by atoms with Crippen molar-refractivity contribution in [1.82, 2.24) is 16.0 Å². The highest BCUT2D eigenvalue weighted by Crippen LogP contribution is 2.10. The molecule has 4 atom stereocenters. The van der Waals surface area contributed by atoms with E-state index in [1.165, 1.54) is 0 Å². The van der Waals surface area contributed by atoms with Crippen LogP contribution in [0.1, 0.15) is 39.5 Å². The van der Waals surface area contributed by atoms with Crippen molar-refractivity contribution in [3.05, 3.63) is 0 Å². The van der Waals surface area contributed by atoms with E-state index in [0.29, 0.717) is 12.8 Å². The third-order valence-electron chi connectivity index (χ3n) is 4.52. The number of carboxylic acids is 2. The van der Waals surface area contributed by atoms with Gasteiger partial charge in [-0.1, -0.05) is 20.3 Å². The zero-order chi connectivity index (χ0) is 24.8. The second-order valence-corrected chi connectivity index (χ2v) is 7.20. The fourth-order valence-corrected chi connectivity index (χ4v) is 2.54. The van der Waals surface area contributed by atoms with Gasteiger partial charge >= 0.3 is 11.9 Å². The van der Waals surface area contributed by atoms with Crippen molar-refractivity contribution in [1.29, 1.82) is 0 Å². The number of nitrogens with one attached hydrogen (secondary N) is 3. The van der Waals surface area contributed by atoms with Crippen LogP contribution in [0.25, 0.3) is 0 Å². The molecule has 0 aliphatic heterocycles. The van der Waals surface area contributed by atoms with Gasteiger partial charge in [-0.3, -0.25) is 29.0 Å². The van der Waals surface area contributed by atoms with Gasteiger partial charge in [0.05, 0.1) is 12.5 Å². The van der Waals surface area contributed by atoms with Gasteiger partial charge in [0.25, 0.3) is 0 Å². The van der Waals surface area contributed by atoms with Crippen LogP contribution in [0.15, 0.2) is 4.99 Å². The van der Waals surface area contributed by atoms with E-state index in [0.717, 1.165) is 0 Å². The molecule has 0 aromatic heterocycles. The normalized spacial score (nSPS) is 14.2. The number of guanidine groups is 1. The number of carbonyl (C=O) groups excluding carboxylic acids is 3. The van der Waals surface area contributed by atoms with Crippen LogP contribution in [0.3, 0.4) is 0 Å². The van der Waals surface area contributed by atoms with Gasteiger partial charge in [0.1, 0.15) is 18.6 Å². The number of carboxylic acid groups (broad SMARTS) is 2. The van der Waals surface area contributed by atoms with Crippen molar-refractivity contribution in [2.75, 3.05) is 13.1 Å². The van der Waals surface area contributed by atoms with Crippen LogP contribution >= 0.6 is 0 Å². The van der Waals surface area contributed by atoms with Gasteiger partial charge in [-0.05, 0) is 18.8 Å². The van der Waals surface area contributed by atoms with Crippen LogP contribution < -0.4 is 33.2 Å². The van der Waals surface area contributed by atoms with Crippen molar-refractivity contribution < 1.29 is 34.2 Å². The molecule has 0 heterocycles. The van der Waals surface area contributed by atoms with Gasteiger partial charge in [-0.15, -0.1) is 0 Å². The topological polar surface area (TPSA) is 252 Å². The van der Waals surface area contributed by atoms with Gasteiger partial charge in [0, 0.05) is 6.54 Å². The average molecular weight is 460 g/mol. The summed E-state index contributed by atoms with van der Waals surface area (Å²) in [5.41, 5.74) is 16.3. The Hall–Kier alpha value is -3.42. The third-order valence-corrected chi connectivity index (χ3v) is 4.52. The molecule has 32 heavy (non-hydrogen) atoms. The van der Waals surface area contributed by atoms with Crippen molar-refractivity contribution in [2.24, 2.45) is 28.1 Å². The van der Waals surface area contributed by atoms with E-state index in [1.807, 2.05) is 5.32 Å². The highest BCUT2D eigenvalue weighted by Gasteiger charge is 2.32. The van der Waals surface area contributed by atoms with Crippen LogP contribution in [-0.2, 0) is 24.0 Å². The molecule has 0 spiro atoms. The van der Waals surface area contributed by atoms with Crippen molar-refractivity contribution in [3.63, 3.8) is 0 Å². The molecule has 11 N–H and O–H groups in total. The third kappa shape index (κ3) is 11.7. The second kappa shape index (κ2) is 14.6. The number of nitrogens with two attached hydrogens (primary N) is 3. The second-order valence-electron chi connectivity index (χ2n) is 7.20. The van der Waals surface area contributed by atoms with Crippen LogP contribution in [-0.4, -0.2) is 77.0 Å². The Labute approximate surface area is 185 Å². The van der Waals surface area contributed by atoms with E-state index in [-0.39, 0.29) is 24.8 Å². The minimum atomic E-state index is -1.53. The first-order valence-electron chi connectivity index (χ1n) is 10.0. The number of nitrogens with zero attached hydrogens (tertiary/aromatic N) is 1. The lowest BCUT2D eigenvalue weighted by Crippen LogP contribution is -2.58. The summed E-state index contributed by atoms with van der Waals surface area (Å²) in [4.78, 5) is 62.8. The summed E-state index contributed by atoms with van der Waals surface area (Å²) in [7, 11) is 0. The quantitative estimate of drug-likeness (QED) is 0.0702. The van der Waals surface area contributed by atoms with E-state index in [4.69, 9.17) is 27.4 Å². The van der Waals surface area contributed by atoms with Crippen molar-refractivity contribution in [3.8, 4) is 0 Å². The van der Waals surface area contributed by atoms with Crippen molar-refractivity contribution >= 4 is 35.6 Å². The standard InChI is InChI=1S/C18H33N7O7/c1-3-9(2)14(25-15(30)10(19)5-4-6-22-18(20)21)17(32)24-11(7-12(26)27)16(31)23-8-13(28)29/h9-11,14H,3-8,19H2,1-2H3,(H,23,31)(H,24,32)(H,25,30)(H,26,27)(H,28,29)(H4,20,21,22). The number of carbonyl (C=O) groups is 5. The molecule has 14 heteroatoms. The minimum absolute atomic E-state index is 0.0835. The molecule has 4 unspecified atom stereocenters. The zero-order valence-electron chi connectivity index (χ0n) is 18.2. The van der Waals surface area contributed by atoms with Crippen LogP contribution in [0.4, 0.5) is 0 Å². The maximum Gasteiger partial charge on any atom is 0.322 e. The van der Waals surface area contributed by atoms with E-state index in [9.17, 15) is 24.0 Å². The monoisotopic (exact) mass is 459 g/mol. The molecule has 182 valence electrons. The minimum Gasteiger partial charge on any atom is -0.481 e. The fraction of sp³-hybridized carbons (Fsp3) is 0.667. The molecule has 0 saturated heterocycles. The molecular weight excluding hydrogens is 426 g/mol. The van der Waals surface area contributed by atoms with Gasteiger partial charge in [0.15, 0.2) is 5.96 Å². The molecular formula is C18H33N7O7. The van der Waals surface area contributed by atoms with Crippen LogP contribution in [0.2, 0.25) is 0 Å². The van der Waals surface area contributed by atoms with E-state index in [1.54, 1.807) is 13.8 Å². The smallest absolute Gasteiger partial charge is 0.322 e. The molecule has 0 aromatic rings. The molecule has 14 nitrogen and oxygen atoms in total. The Morgan fingerprint density at radius 3 is 2.09 bits per heavy atom. The zero-order valence-corrected chi connectivity index (χ0v) is 18.2. The average Bonchev–Trinajstić information content (AvgIpc) is 2.71. The lowest BCUT2D eigenvalue weighted by molar-refractivity contribution is -0.142. The number of rotatable bonds is 15. The molecule has 0 aliphatic carbocycles. The SMILES string of the molecule is CCC(C)C(NC(=O)C(N)CCCN=C(N)N)C(=O)NC(CC(=O)O)C(=O)NCC(=O)O. The molecule has 0 radical (unpaired) electrons. The Kier molecular flexibility index (Phi) is 13.0. The lowest BCUT2D eigenvalue weighted by atomic mass is 9.97. The Bertz CT molecular complexity index is 710. The molecule has 0 aromatic carbocycles. The Morgan fingerprint density at radius 1 is 0.969 bits per heavy atom. The molecule has 3 amide bonds. The maximum absolute atomic E-state index is 12.8. The predicted octanol–water partition coefficient (Wildman–Crippen LogP) is -2.94. The van der Waals surface area contributed by atoms with Gasteiger partial charge < -0.3 is 43.4 Å². The van der Waals surface area contributed by atoms with E-state index < -0.39 is 60.8 Å². The van der Waals surface area contributed by atoms with Gasteiger partial charge in [-0.25, -0.2) is 0 Å². The summed E-state index contributed by atoms with van der Waals surface area (Å²) in [5, 5.41) is 24.5. The van der Waals surface area contributed by atoms with E-state index in [2.05, 4.69) is 15.6 Å². The first kappa shape index (κ1) is 28.6. The van der Waals surface area contributed by atoms with Gasteiger partial charge in [0.2, 0.25) is 17.7 Å². The Balaban J connectivity index is 5.21. The summed E-state index contributed by atoms with van der Waals surface area (Å²) in [6, 6.07) is -3.58. The first-order valence-corrected chi connectivity index (χ1v) is 10.0. The summed E-state index contributed by atoms with van der Waals surface area (Å²) < 4.78 is 0. The molecule has 0 aliphatic rings. The van der Waals surface area contributed by atoms with Crippen LogP contribution in [0.5, 0.6) is 0 Å². The van der Waals surface area contributed by atoms with E-state index >= 15 is 0 Å². The summed E-state index contributed by atoms with van der Waals surface area (Å²) in [5.74, 6) is -5.56. The predicted molar refractivity (Wildman–Crippen MR) is 114 cm³/mol. The number of aliphatic carboxylic acids is 2. The Morgan fingerprint density at radius 2 is 1.59 bits per heavy atom. The number of hydrogen-bond donors (Lipinski definition) is 8. The molecule has 0 fully saturated rings. The first-order chi connectivity index (χ1) is 14.9. The largest absolute Gasteiger partial charge is 0.481 e. The maximum atomic E-state index is 12.8. The summed E-state index contributed by atoms with van der Waals surface area (Å²) >= 11 is 0. The number of aliphatic imine (C=N–C) groups is 1. The molecule has 0 rings (SSSR count). The number of hydrogen-bond acceptors (Lipinski definition) is 7. The highest BCUT2D eigenvalue weighted by molar-refractivity contribution is 5.95. The summed E-state index contributed by atoms with van der Waals surface area (Å²) in [6.45, 7) is 3.00. The lowest BCUT2D eigenvalue weighted by Gasteiger charge is -2.27. The fourth-order valence-electron chi connectivity index (χ4n) is 2.54. The molecule has 0 bridgehead atoms.